The first-order valence-electron chi connectivity index (χ1n) is 13.5. The molecule has 0 spiro atoms. The van der Waals surface area contributed by atoms with Crippen molar-refractivity contribution in [2.45, 2.75) is 70.7 Å². The number of aromatic nitrogens is 1. The molecule has 2 amide bonds. The molecule has 1 fully saturated rings. The van der Waals surface area contributed by atoms with Gasteiger partial charge in [-0.2, -0.15) is 0 Å². The molecule has 0 bridgehead atoms. The van der Waals surface area contributed by atoms with E-state index in [-0.39, 0.29) is 24.1 Å². The van der Waals surface area contributed by atoms with Gasteiger partial charge in [-0.05, 0) is 82.3 Å². The van der Waals surface area contributed by atoms with Crippen LogP contribution >= 0.6 is 0 Å². The van der Waals surface area contributed by atoms with Crippen molar-refractivity contribution in [1.29, 1.82) is 0 Å². The average Bonchev–Trinajstić information content (AvgIpc) is 2.86. The number of nitrogens with zero attached hydrogens (tertiary/aromatic N) is 4. The Balaban J connectivity index is 1.44. The van der Waals surface area contributed by atoms with Gasteiger partial charge in [0.2, 0.25) is 5.91 Å². The fourth-order valence-electron chi connectivity index (χ4n) is 5.97. The molecule has 1 saturated heterocycles. The van der Waals surface area contributed by atoms with Gasteiger partial charge >= 0.3 is 6.09 Å². The lowest BCUT2D eigenvalue weighted by atomic mass is 9.89. The van der Waals surface area contributed by atoms with Crippen molar-refractivity contribution in [2.75, 3.05) is 38.1 Å². The molecule has 0 saturated carbocycles. The number of rotatable bonds is 4. The molecular weight excluding hydrogens is 466 g/mol. The first-order chi connectivity index (χ1) is 17.7. The van der Waals surface area contributed by atoms with Crippen LogP contribution in [0.4, 0.5) is 10.5 Å². The van der Waals surface area contributed by atoms with Crippen molar-refractivity contribution in [3.05, 3.63) is 58.9 Å². The zero-order valence-corrected chi connectivity index (χ0v) is 22.5. The number of amides is 2. The molecule has 1 aromatic heterocycles. The maximum absolute atomic E-state index is 13.4. The van der Waals surface area contributed by atoms with E-state index in [9.17, 15) is 9.59 Å². The van der Waals surface area contributed by atoms with E-state index in [1.807, 2.05) is 44.0 Å². The van der Waals surface area contributed by atoms with Gasteiger partial charge in [-0.15, -0.1) is 0 Å². The molecular formula is C29H39N5O3. The second-order valence-electron chi connectivity index (χ2n) is 11.5. The zero-order valence-electron chi connectivity index (χ0n) is 22.5. The molecule has 2 aromatic rings. The summed E-state index contributed by atoms with van der Waals surface area (Å²) in [7, 11) is 2.15. The third-order valence-corrected chi connectivity index (χ3v) is 7.67. The fraction of sp³-hybridized carbons (Fsp3) is 0.552. The minimum absolute atomic E-state index is 0.0507. The monoisotopic (exact) mass is 505 g/mol. The van der Waals surface area contributed by atoms with Crippen molar-refractivity contribution >= 4 is 17.7 Å². The van der Waals surface area contributed by atoms with Crippen LogP contribution in [0.5, 0.6) is 0 Å². The van der Waals surface area contributed by atoms with E-state index in [1.165, 1.54) is 11.1 Å². The summed E-state index contributed by atoms with van der Waals surface area (Å²) in [6.07, 6.45) is 5.59. The number of fused-ring (bicyclic) bond motifs is 2. The van der Waals surface area contributed by atoms with Gasteiger partial charge in [0.15, 0.2) is 0 Å². The lowest BCUT2D eigenvalue weighted by molar-refractivity contribution is -0.120. The maximum atomic E-state index is 13.4. The molecule has 1 aliphatic carbocycles. The number of aryl methyl sites for hydroxylation is 1. The Kier molecular flexibility index (Phi) is 7.12. The number of likely N-dealkylation sites (N-methyl/N-ethyl adjacent to an activating group) is 1. The molecule has 0 radical (unpaired) electrons. The molecule has 2 aliphatic heterocycles. The Morgan fingerprint density at radius 2 is 2.00 bits per heavy atom. The lowest BCUT2D eigenvalue weighted by Gasteiger charge is -2.42. The van der Waals surface area contributed by atoms with Crippen molar-refractivity contribution in [3.63, 3.8) is 0 Å². The van der Waals surface area contributed by atoms with E-state index in [1.54, 1.807) is 0 Å². The van der Waals surface area contributed by atoms with Gasteiger partial charge in [0.25, 0.3) is 0 Å². The first-order valence-corrected chi connectivity index (χ1v) is 13.5. The van der Waals surface area contributed by atoms with E-state index < -0.39 is 5.60 Å². The molecule has 1 aromatic carbocycles. The number of ether oxygens (including phenoxy) is 1. The zero-order chi connectivity index (χ0) is 26.2. The Labute approximate surface area is 220 Å². The quantitative estimate of drug-likeness (QED) is 0.683. The molecule has 3 heterocycles. The minimum Gasteiger partial charge on any atom is -0.444 e. The molecule has 8 heteroatoms. The van der Waals surface area contributed by atoms with Gasteiger partial charge in [0.1, 0.15) is 5.60 Å². The number of hydrogen-bond donors (Lipinski definition) is 1. The molecule has 1 N–H and O–H groups in total. The predicted molar refractivity (Wildman–Crippen MR) is 143 cm³/mol. The Morgan fingerprint density at radius 1 is 1.19 bits per heavy atom. The van der Waals surface area contributed by atoms with Crippen LogP contribution in [0.1, 0.15) is 62.0 Å². The van der Waals surface area contributed by atoms with E-state index in [0.29, 0.717) is 26.2 Å². The lowest BCUT2D eigenvalue weighted by Crippen LogP contribution is -2.52. The number of carbonyl (C=O) groups excluding carboxylic acids is 2. The van der Waals surface area contributed by atoms with Gasteiger partial charge in [0, 0.05) is 38.1 Å². The van der Waals surface area contributed by atoms with Crippen molar-refractivity contribution in [1.82, 2.24) is 20.1 Å². The van der Waals surface area contributed by atoms with Crippen LogP contribution in [0, 0.1) is 0 Å². The van der Waals surface area contributed by atoms with E-state index in [0.717, 1.165) is 49.2 Å². The third kappa shape index (κ3) is 5.59. The molecule has 198 valence electrons. The number of benzene rings is 1. The number of hydrogen-bond acceptors (Lipinski definition) is 6. The summed E-state index contributed by atoms with van der Waals surface area (Å²) < 4.78 is 5.86. The number of nitrogens with one attached hydrogen (secondary N) is 1. The van der Waals surface area contributed by atoms with Crippen LogP contribution in [0.15, 0.2) is 36.5 Å². The van der Waals surface area contributed by atoms with Crippen LogP contribution in [0.2, 0.25) is 0 Å². The summed E-state index contributed by atoms with van der Waals surface area (Å²) in [5, 5.41) is 2.92. The Bertz CT molecular complexity index is 1160. The van der Waals surface area contributed by atoms with Gasteiger partial charge < -0.3 is 15.0 Å². The Morgan fingerprint density at radius 3 is 2.78 bits per heavy atom. The summed E-state index contributed by atoms with van der Waals surface area (Å²) in [5.41, 5.74) is 5.39. The largest absolute Gasteiger partial charge is 0.444 e. The topological polar surface area (TPSA) is 78.0 Å². The van der Waals surface area contributed by atoms with E-state index in [2.05, 4.69) is 40.4 Å². The number of carbonyl (C=O) groups is 2. The standard InChI is InChI=1S/C29H39N5O3/c1-29(2,3)37-28(36)34-17-21-9-6-11-24(33-15-14-30-26(35)19-33)23(21)16-22(34)18-32(4)25-12-5-8-20-10-7-13-31-27(20)25/h6-7,9-11,13,22,25H,5,8,12,14-19H2,1-4H3,(H,30,35)/t22-,25+/m1/s1. The molecule has 3 aliphatic rings. The molecule has 37 heavy (non-hydrogen) atoms. The first kappa shape index (κ1) is 25.5. The summed E-state index contributed by atoms with van der Waals surface area (Å²) in [6, 6.07) is 10.6. The van der Waals surface area contributed by atoms with Gasteiger partial charge in [0.05, 0.1) is 24.3 Å². The molecule has 8 nitrogen and oxygen atoms in total. The van der Waals surface area contributed by atoms with Crippen LogP contribution < -0.4 is 10.2 Å². The summed E-state index contributed by atoms with van der Waals surface area (Å²) >= 11 is 0. The fourth-order valence-corrected chi connectivity index (χ4v) is 5.97. The van der Waals surface area contributed by atoms with Crippen LogP contribution in [0.3, 0.4) is 0 Å². The highest BCUT2D eigenvalue weighted by molar-refractivity contribution is 5.83. The number of pyridine rings is 1. The predicted octanol–water partition coefficient (Wildman–Crippen LogP) is 3.69. The maximum Gasteiger partial charge on any atom is 0.410 e. The minimum atomic E-state index is -0.566. The highest BCUT2D eigenvalue weighted by Gasteiger charge is 2.37. The van der Waals surface area contributed by atoms with Crippen LogP contribution in [-0.2, 0) is 28.9 Å². The smallest absolute Gasteiger partial charge is 0.410 e. The third-order valence-electron chi connectivity index (χ3n) is 7.67. The van der Waals surface area contributed by atoms with Crippen LogP contribution in [0.25, 0.3) is 0 Å². The molecule has 2 atom stereocenters. The average molecular weight is 506 g/mol. The van der Waals surface area contributed by atoms with Crippen molar-refractivity contribution in [3.8, 4) is 0 Å². The SMILES string of the molecule is CN(C[C@H]1Cc2c(cccc2N2CCNC(=O)C2)CN1C(=O)OC(C)(C)C)[C@H]1CCCc2cccnc21. The number of anilines is 1. The van der Waals surface area contributed by atoms with Gasteiger partial charge in [-0.25, -0.2) is 4.79 Å². The van der Waals surface area contributed by atoms with Gasteiger partial charge in [-0.3, -0.25) is 19.6 Å². The van der Waals surface area contributed by atoms with E-state index >= 15 is 0 Å². The normalized spacial score (nSPS) is 21.8. The summed E-state index contributed by atoms with van der Waals surface area (Å²) in [4.78, 5) is 36.8. The second kappa shape index (κ2) is 10.3. The molecule has 5 rings (SSSR count). The van der Waals surface area contributed by atoms with Crippen molar-refractivity contribution in [2.24, 2.45) is 0 Å². The van der Waals surface area contributed by atoms with Crippen LogP contribution in [-0.4, -0.2) is 71.7 Å². The molecule has 0 unspecified atom stereocenters. The second-order valence-corrected chi connectivity index (χ2v) is 11.5. The van der Waals surface area contributed by atoms with Crippen molar-refractivity contribution < 1.29 is 14.3 Å². The van der Waals surface area contributed by atoms with E-state index in [4.69, 9.17) is 9.72 Å². The number of piperazine rings is 1. The Hall–Kier alpha value is -3.13. The van der Waals surface area contributed by atoms with Gasteiger partial charge in [-0.1, -0.05) is 18.2 Å². The summed E-state index contributed by atoms with van der Waals surface area (Å²) in [5.74, 6) is 0.0507. The summed E-state index contributed by atoms with van der Waals surface area (Å²) in [6.45, 7) is 8.74. The highest BCUT2D eigenvalue weighted by Crippen LogP contribution is 2.36. The highest BCUT2D eigenvalue weighted by atomic mass is 16.6.